The molecule has 2 heterocycles. The van der Waals surface area contributed by atoms with Gasteiger partial charge in [0, 0.05) is 30.9 Å². The van der Waals surface area contributed by atoms with Crippen molar-refractivity contribution in [2.24, 2.45) is 13.0 Å². The van der Waals surface area contributed by atoms with Crippen molar-refractivity contribution in [2.75, 3.05) is 5.32 Å². The maximum Gasteiger partial charge on any atom is 0.416 e. The first-order valence-corrected chi connectivity index (χ1v) is 8.62. The molecule has 1 aromatic carbocycles. The van der Waals surface area contributed by atoms with E-state index in [0.29, 0.717) is 12.1 Å². The fourth-order valence-electron chi connectivity index (χ4n) is 3.24. The van der Waals surface area contributed by atoms with Gasteiger partial charge in [-0.2, -0.15) is 18.3 Å². The SMILES string of the molecule is Cn1cc(-c2ccnc(NC(=O)[C@H]3C[C@H]3c3ccccc3C(F)(F)F)n2)cn1. The molecule has 0 unspecified atom stereocenters. The maximum absolute atomic E-state index is 13.2. The van der Waals surface area contributed by atoms with Crippen LogP contribution in [0.4, 0.5) is 19.1 Å². The zero-order valence-electron chi connectivity index (χ0n) is 14.8. The Hall–Kier alpha value is -3.23. The van der Waals surface area contributed by atoms with Crippen LogP contribution in [0.25, 0.3) is 11.3 Å². The average Bonchev–Trinajstić information content (AvgIpc) is 3.35. The van der Waals surface area contributed by atoms with Crippen molar-refractivity contribution in [3.8, 4) is 11.3 Å². The summed E-state index contributed by atoms with van der Waals surface area (Å²) in [5.41, 5.74) is 0.822. The number of amides is 1. The third kappa shape index (κ3) is 3.60. The maximum atomic E-state index is 13.2. The van der Waals surface area contributed by atoms with Crippen molar-refractivity contribution in [3.05, 3.63) is 60.0 Å². The highest BCUT2D eigenvalue weighted by molar-refractivity contribution is 5.94. The molecule has 1 amide bonds. The summed E-state index contributed by atoms with van der Waals surface area (Å²) in [6.45, 7) is 0. The fraction of sp³-hybridized carbons (Fsp3) is 0.263. The molecule has 9 heteroatoms. The first kappa shape index (κ1) is 18.1. The Labute approximate surface area is 158 Å². The Morgan fingerprint density at radius 2 is 2.04 bits per heavy atom. The summed E-state index contributed by atoms with van der Waals surface area (Å²) in [7, 11) is 1.78. The lowest BCUT2D eigenvalue weighted by atomic mass is 10.0. The summed E-state index contributed by atoms with van der Waals surface area (Å²) in [5.74, 6) is -1.26. The zero-order chi connectivity index (χ0) is 19.9. The third-order valence-electron chi connectivity index (χ3n) is 4.68. The van der Waals surface area contributed by atoms with E-state index >= 15 is 0 Å². The first-order chi connectivity index (χ1) is 13.3. The van der Waals surface area contributed by atoms with Crippen molar-refractivity contribution in [1.29, 1.82) is 0 Å². The smallest absolute Gasteiger partial charge is 0.294 e. The summed E-state index contributed by atoms with van der Waals surface area (Å²) < 4.78 is 41.2. The number of hydrogen-bond donors (Lipinski definition) is 1. The number of nitrogens with one attached hydrogen (secondary N) is 1. The van der Waals surface area contributed by atoms with Gasteiger partial charge in [-0.15, -0.1) is 0 Å². The number of aryl methyl sites for hydroxylation is 1. The van der Waals surface area contributed by atoms with Crippen LogP contribution < -0.4 is 5.32 Å². The van der Waals surface area contributed by atoms with Crippen LogP contribution in [-0.2, 0) is 18.0 Å². The van der Waals surface area contributed by atoms with Crippen LogP contribution in [0.1, 0.15) is 23.5 Å². The van der Waals surface area contributed by atoms with E-state index < -0.39 is 23.6 Å². The topological polar surface area (TPSA) is 72.7 Å². The van der Waals surface area contributed by atoms with E-state index in [9.17, 15) is 18.0 Å². The largest absolute Gasteiger partial charge is 0.416 e. The minimum Gasteiger partial charge on any atom is -0.294 e. The second-order valence-electron chi connectivity index (χ2n) is 6.69. The molecule has 3 aromatic rings. The number of anilines is 1. The average molecular weight is 387 g/mol. The zero-order valence-corrected chi connectivity index (χ0v) is 14.8. The molecule has 28 heavy (non-hydrogen) atoms. The van der Waals surface area contributed by atoms with E-state index in [1.165, 1.54) is 18.3 Å². The lowest BCUT2D eigenvalue weighted by Crippen LogP contribution is -2.17. The molecule has 1 saturated carbocycles. The Bertz CT molecular complexity index is 1030. The van der Waals surface area contributed by atoms with Crippen LogP contribution in [-0.4, -0.2) is 25.7 Å². The van der Waals surface area contributed by atoms with E-state index in [4.69, 9.17) is 0 Å². The Balaban J connectivity index is 1.48. The number of benzene rings is 1. The predicted octanol–water partition coefficient (Wildman–Crippen LogP) is 3.64. The van der Waals surface area contributed by atoms with Crippen LogP contribution in [0.2, 0.25) is 0 Å². The number of hydrogen-bond acceptors (Lipinski definition) is 4. The predicted molar refractivity (Wildman–Crippen MR) is 95.2 cm³/mol. The van der Waals surface area contributed by atoms with E-state index in [2.05, 4.69) is 20.4 Å². The van der Waals surface area contributed by atoms with Crippen molar-refractivity contribution >= 4 is 11.9 Å². The second kappa shape index (κ2) is 6.74. The third-order valence-corrected chi connectivity index (χ3v) is 4.68. The van der Waals surface area contributed by atoms with Gasteiger partial charge in [-0.25, -0.2) is 9.97 Å². The number of carbonyl (C=O) groups is 1. The summed E-state index contributed by atoms with van der Waals surface area (Å²) in [5, 5.41) is 6.68. The molecule has 0 bridgehead atoms. The molecule has 6 nitrogen and oxygen atoms in total. The molecule has 0 aliphatic heterocycles. The Morgan fingerprint density at radius 3 is 2.75 bits per heavy atom. The highest BCUT2D eigenvalue weighted by Gasteiger charge is 2.48. The summed E-state index contributed by atoms with van der Waals surface area (Å²) in [6, 6.07) is 7.06. The highest BCUT2D eigenvalue weighted by Crippen LogP contribution is 2.51. The van der Waals surface area contributed by atoms with Gasteiger partial charge in [0.1, 0.15) is 0 Å². The quantitative estimate of drug-likeness (QED) is 0.742. The molecule has 1 N–H and O–H groups in total. The van der Waals surface area contributed by atoms with E-state index in [-0.39, 0.29) is 17.4 Å². The molecule has 0 spiro atoms. The standard InChI is InChI=1S/C19H16F3N5O/c1-27-10-11(9-24-27)16-6-7-23-18(25-16)26-17(28)14-8-13(14)12-4-2-3-5-15(12)19(20,21)22/h2-7,9-10,13-14H,8H2,1H3,(H,23,25,26,28)/t13-,14-/m0/s1. The van der Waals surface area contributed by atoms with Crippen molar-refractivity contribution in [2.45, 2.75) is 18.5 Å². The van der Waals surface area contributed by atoms with E-state index in [0.717, 1.165) is 11.6 Å². The van der Waals surface area contributed by atoms with Gasteiger partial charge < -0.3 is 0 Å². The fourth-order valence-corrected chi connectivity index (χ4v) is 3.24. The molecule has 0 radical (unpaired) electrons. The molecule has 144 valence electrons. The molecule has 1 aliphatic rings. The van der Waals surface area contributed by atoms with Gasteiger partial charge in [-0.1, -0.05) is 18.2 Å². The van der Waals surface area contributed by atoms with E-state index in [1.807, 2.05) is 0 Å². The lowest BCUT2D eigenvalue weighted by Gasteiger charge is -2.12. The van der Waals surface area contributed by atoms with Gasteiger partial charge in [0.15, 0.2) is 0 Å². The van der Waals surface area contributed by atoms with Gasteiger partial charge in [0.25, 0.3) is 0 Å². The minimum atomic E-state index is -4.44. The van der Waals surface area contributed by atoms with Crippen LogP contribution in [0.5, 0.6) is 0 Å². The van der Waals surface area contributed by atoms with Gasteiger partial charge in [-0.3, -0.25) is 14.8 Å². The number of carbonyl (C=O) groups excluding carboxylic acids is 1. The van der Waals surface area contributed by atoms with Gasteiger partial charge >= 0.3 is 6.18 Å². The molecule has 4 rings (SSSR count). The highest BCUT2D eigenvalue weighted by atomic mass is 19.4. The molecule has 2 atom stereocenters. The summed E-state index contributed by atoms with van der Waals surface area (Å²) in [4.78, 5) is 20.8. The van der Waals surface area contributed by atoms with Crippen LogP contribution in [0.15, 0.2) is 48.9 Å². The molecule has 1 fully saturated rings. The number of rotatable bonds is 4. The molecule has 1 aliphatic carbocycles. The van der Waals surface area contributed by atoms with Crippen molar-refractivity contribution < 1.29 is 18.0 Å². The number of alkyl halides is 3. The van der Waals surface area contributed by atoms with Gasteiger partial charge in [0.05, 0.1) is 17.5 Å². The number of aromatic nitrogens is 4. The van der Waals surface area contributed by atoms with Crippen molar-refractivity contribution in [1.82, 2.24) is 19.7 Å². The van der Waals surface area contributed by atoms with Crippen LogP contribution >= 0.6 is 0 Å². The molecular formula is C19H16F3N5O. The Morgan fingerprint density at radius 1 is 1.25 bits per heavy atom. The Kier molecular flexibility index (Phi) is 4.37. The van der Waals surface area contributed by atoms with Gasteiger partial charge in [-0.05, 0) is 30.0 Å². The molecular weight excluding hydrogens is 371 g/mol. The summed E-state index contributed by atoms with van der Waals surface area (Å²) >= 11 is 0. The monoisotopic (exact) mass is 387 g/mol. The normalized spacial score (nSPS) is 18.7. The van der Waals surface area contributed by atoms with Crippen LogP contribution in [0, 0.1) is 5.92 Å². The first-order valence-electron chi connectivity index (χ1n) is 8.62. The van der Waals surface area contributed by atoms with E-state index in [1.54, 1.807) is 36.3 Å². The summed E-state index contributed by atoms with van der Waals surface area (Å²) in [6.07, 6.45) is 0.842. The second-order valence-corrected chi connectivity index (χ2v) is 6.69. The number of nitrogens with zero attached hydrogens (tertiary/aromatic N) is 4. The lowest BCUT2D eigenvalue weighted by molar-refractivity contribution is -0.138. The number of halogens is 3. The minimum absolute atomic E-state index is 0.112. The molecule has 2 aromatic heterocycles. The van der Waals surface area contributed by atoms with Crippen LogP contribution in [0.3, 0.4) is 0 Å². The van der Waals surface area contributed by atoms with Gasteiger partial charge in [0.2, 0.25) is 11.9 Å². The van der Waals surface area contributed by atoms with Crippen molar-refractivity contribution in [3.63, 3.8) is 0 Å². The molecule has 0 saturated heterocycles.